The van der Waals surface area contributed by atoms with Gasteiger partial charge in [-0.15, -0.1) is 0 Å². The zero-order valence-electron chi connectivity index (χ0n) is 14.9. The number of nitrogens with zero attached hydrogens (tertiary/aromatic N) is 2. The molecule has 136 valence electrons. The zero-order chi connectivity index (χ0) is 18.4. The van der Waals surface area contributed by atoms with Crippen LogP contribution in [0.5, 0.6) is 11.5 Å². The van der Waals surface area contributed by atoms with E-state index in [1.165, 1.54) is 43.9 Å². The maximum atomic E-state index is 12.7. The molecule has 1 fully saturated rings. The van der Waals surface area contributed by atoms with E-state index in [2.05, 4.69) is 22.5 Å². The summed E-state index contributed by atoms with van der Waals surface area (Å²) in [5, 5.41) is 19.2. The van der Waals surface area contributed by atoms with Crippen molar-refractivity contribution in [2.45, 2.75) is 45.4 Å². The third-order valence-corrected chi connectivity index (χ3v) is 5.34. The van der Waals surface area contributed by atoms with Crippen LogP contribution in [-0.2, 0) is 4.79 Å². The second-order valence-electron chi connectivity index (χ2n) is 6.38. The van der Waals surface area contributed by atoms with E-state index in [1.54, 1.807) is 15.9 Å². The molecule has 0 unspecified atom stereocenters. The summed E-state index contributed by atoms with van der Waals surface area (Å²) in [4.78, 5) is 16.3. The van der Waals surface area contributed by atoms with E-state index in [4.69, 9.17) is 0 Å². The predicted octanol–water partition coefficient (Wildman–Crippen LogP) is 2.83. The van der Waals surface area contributed by atoms with Crippen molar-refractivity contribution >= 4 is 32.2 Å². The molecule has 1 heterocycles. The van der Waals surface area contributed by atoms with E-state index in [-0.39, 0.29) is 17.4 Å². The van der Waals surface area contributed by atoms with Gasteiger partial charge in [0.2, 0.25) is 0 Å². The monoisotopic (exact) mass is 410 g/mol. The number of unbranched alkanes of at least 4 members (excludes halogenated alkanes) is 5. The van der Waals surface area contributed by atoms with Crippen LogP contribution in [0.3, 0.4) is 0 Å². The van der Waals surface area contributed by atoms with Crippen LogP contribution in [0.4, 0.5) is 0 Å². The summed E-state index contributed by atoms with van der Waals surface area (Å²) in [7, 11) is 1.83. The van der Waals surface area contributed by atoms with Gasteiger partial charge in [0.1, 0.15) is 0 Å². The third-order valence-electron chi connectivity index (χ3n) is 4.31. The summed E-state index contributed by atoms with van der Waals surface area (Å²) < 4.78 is 0.786. The topological polar surface area (TPSA) is 64.0 Å². The van der Waals surface area contributed by atoms with Crippen LogP contribution < -0.4 is 0 Å². The number of benzene rings is 1. The summed E-state index contributed by atoms with van der Waals surface area (Å²) in [5.41, 5.74) is 1.10. The van der Waals surface area contributed by atoms with Crippen LogP contribution >= 0.6 is 0 Å². The molecule has 0 aromatic heterocycles. The second kappa shape index (κ2) is 9.07. The number of likely N-dealkylation sites (N-methyl/N-ethyl adjacent to an activating group) is 1. The Hall–Kier alpha value is -1.78. The molecule has 0 saturated carbocycles. The Labute approximate surface area is 157 Å². The zero-order valence-corrected chi connectivity index (χ0v) is 16.6. The summed E-state index contributed by atoms with van der Waals surface area (Å²) in [5.74, 6) is -0.125. The Kier molecular flexibility index (Phi) is 7.09. The number of rotatable bonds is 8. The van der Waals surface area contributed by atoms with E-state index >= 15 is 0 Å². The molecule has 1 aliphatic heterocycles. The van der Waals surface area contributed by atoms with Gasteiger partial charge in [-0.25, -0.2) is 0 Å². The number of carbonyl (C=O) groups is 1. The van der Waals surface area contributed by atoms with Gasteiger partial charge in [-0.3, -0.25) is 0 Å². The van der Waals surface area contributed by atoms with Gasteiger partial charge >= 0.3 is 157 Å². The van der Waals surface area contributed by atoms with Crippen LogP contribution in [0.1, 0.15) is 51.0 Å². The van der Waals surface area contributed by atoms with Crippen molar-refractivity contribution in [3.63, 3.8) is 0 Å². The Balaban J connectivity index is 2.03. The molecule has 5 nitrogen and oxygen atoms in total. The molecule has 1 aliphatic rings. The van der Waals surface area contributed by atoms with Crippen molar-refractivity contribution in [2.24, 2.45) is 0 Å². The molecular formula is C19H26N2O3Se. The Bertz CT molecular complexity index is 652. The predicted molar refractivity (Wildman–Crippen MR) is 101 cm³/mol. The average molecular weight is 409 g/mol. The molecule has 1 aromatic carbocycles. The summed E-state index contributed by atoms with van der Waals surface area (Å²) in [6.45, 7) is 2.90. The minimum atomic E-state index is -0.0624. The van der Waals surface area contributed by atoms with Crippen molar-refractivity contribution in [1.82, 2.24) is 9.80 Å². The first-order valence-corrected chi connectivity index (χ1v) is 9.64. The minimum absolute atomic E-state index is 0.0313. The molecular weight excluding hydrogens is 383 g/mol. The first-order valence-electron chi connectivity index (χ1n) is 8.78. The van der Waals surface area contributed by atoms with Crippen molar-refractivity contribution < 1.29 is 15.0 Å². The van der Waals surface area contributed by atoms with Gasteiger partial charge in [0.15, 0.2) is 0 Å². The fourth-order valence-electron chi connectivity index (χ4n) is 2.92. The molecule has 1 aromatic rings. The summed E-state index contributed by atoms with van der Waals surface area (Å²) >= 11 is 2.98. The molecule has 2 rings (SSSR count). The first-order chi connectivity index (χ1) is 11.9. The van der Waals surface area contributed by atoms with Gasteiger partial charge in [0.25, 0.3) is 0 Å². The van der Waals surface area contributed by atoms with E-state index < -0.39 is 0 Å². The molecule has 0 atom stereocenters. The van der Waals surface area contributed by atoms with Gasteiger partial charge in [-0.2, -0.15) is 0 Å². The Morgan fingerprint density at radius 2 is 1.64 bits per heavy atom. The Morgan fingerprint density at radius 1 is 1.04 bits per heavy atom. The van der Waals surface area contributed by atoms with Crippen LogP contribution in [0.25, 0.3) is 6.08 Å². The normalized spacial score (nSPS) is 16.3. The fourth-order valence-corrected chi connectivity index (χ4v) is 3.49. The standard InChI is InChI=1S/C19H26N2O3Se/c1-3-4-5-6-7-8-9-21-18(24)17(20(2)19(21)25)12-14-10-15(22)13-16(23)11-14/h10-13,22-23H,3-9H2,1-2H3. The average Bonchev–Trinajstić information content (AvgIpc) is 2.74. The SMILES string of the molecule is CCCCCCCCN1C(=O)C(=Cc2cc(O)cc(O)c2)N(C)C1=[Se]. The van der Waals surface area contributed by atoms with Crippen LogP contribution in [-0.4, -0.2) is 59.8 Å². The van der Waals surface area contributed by atoms with Crippen LogP contribution in [0, 0.1) is 0 Å². The van der Waals surface area contributed by atoms with Crippen molar-refractivity contribution in [3.05, 3.63) is 29.5 Å². The van der Waals surface area contributed by atoms with Crippen molar-refractivity contribution in [1.29, 1.82) is 0 Å². The first kappa shape index (κ1) is 19.5. The number of phenols is 2. The van der Waals surface area contributed by atoms with E-state index in [0.29, 0.717) is 17.8 Å². The van der Waals surface area contributed by atoms with Crippen LogP contribution in [0.2, 0.25) is 0 Å². The molecule has 2 N–H and O–H groups in total. The number of phenolic OH excluding ortho intramolecular Hbond substituents is 2. The van der Waals surface area contributed by atoms with Gasteiger partial charge in [0, 0.05) is 0 Å². The van der Waals surface area contributed by atoms with Gasteiger partial charge < -0.3 is 0 Å². The van der Waals surface area contributed by atoms with E-state index in [9.17, 15) is 15.0 Å². The van der Waals surface area contributed by atoms with Crippen LogP contribution in [0.15, 0.2) is 23.9 Å². The summed E-state index contributed by atoms with van der Waals surface area (Å²) in [6, 6.07) is 4.30. The molecule has 1 amide bonds. The molecule has 6 heteroatoms. The molecule has 1 saturated heterocycles. The number of aromatic hydroxyl groups is 2. The van der Waals surface area contributed by atoms with Gasteiger partial charge in [0.05, 0.1) is 0 Å². The number of carbonyl (C=O) groups excluding carboxylic acids is 1. The second-order valence-corrected chi connectivity index (χ2v) is 7.14. The van der Waals surface area contributed by atoms with Gasteiger partial charge in [-0.1, -0.05) is 0 Å². The number of hydrogen-bond acceptors (Lipinski definition) is 4. The maximum absolute atomic E-state index is 12.7. The van der Waals surface area contributed by atoms with Crippen molar-refractivity contribution in [2.75, 3.05) is 13.6 Å². The number of hydrogen-bond donors (Lipinski definition) is 2. The molecule has 25 heavy (non-hydrogen) atoms. The molecule has 0 aliphatic carbocycles. The van der Waals surface area contributed by atoms with Gasteiger partial charge in [-0.05, 0) is 0 Å². The number of amides is 1. The van der Waals surface area contributed by atoms with E-state index in [1.807, 2.05) is 7.05 Å². The fraction of sp³-hybridized carbons (Fsp3) is 0.474. The third kappa shape index (κ3) is 5.10. The van der Waals surface area contributed by atoms with E-state index in [0.717, 1.165) is 17.5 Å². The Morgan fingerprint density at radius 3 is 2.28 bits per heavy atom. The molecule has 0 spiro atoms. The molecule has 0 bridgehead atoms. The van der Waals surface area contributed by atoms with Crippen molar-refractivity contribution in [3.8, 4) is 11.5 Å². The molecule has 0 radical (unpaired) electrons. The quantitative estimate of drug-likeness (QED) is 0.394. The summed E-state index contributed by atoms with van der Waals surface area (Å²) in [6.07, 6.45) is 8.75.